The maximum Gasteiger partial charge on any atom is 0.247 e. The first kappa shape index (κ1) is 19.5. The number of amides is 2. The number of likely N-dealkylation sites (tertiary alicyclic amines) is 1. The normalized spacial score (nSPS) is 18.8. The molecule has 6 nitrogen and oxygen atoms in total. The molecular weight excluding hydrogens is 344 g/mol. The van der Waals surface area contributed by atoms with E-state index in [2.05, 4.69) is 5.32 Å². The van der Waals surface area contributed by atoms with Gasteiger partial charge in [0.1, 0.15) is 6.04 Å². The first-order valence-corrected chi connectivity index (χ1v) is 9.94. The second kappa shape index (κ2) is 8.63. The van der Waals surface area contributed by atoms with Crippen molar-refractivity contribution in [2.24, 2.45) is 5.92 Å². The number of anilines is 1. The fourth-order valence-corrected chi connectivity index (χ4v) is 4.02. The van der Waals surface area contributed by atoms with E-state index in [0.29, 0.717) is 30.2 Å². The minimum Gasteiger partial charge on any atom is -0.493 e. The number of nitrogens with zero attached hydrogens (tertiary/aromatic N) is 1. The number of rotatable bonds is 7. The number of hydrogen-bond acceptors (Lipinski definition) is 4. The summed E-state index contributed by atoms with van der Waals surface area (Å²) in [4.78, 5) is 26.7. The number of carbonyl (C=O) groups excluding carboxylic acids is 2. The Hall–Kier alpha value is -2.24. The Kier molecular flexibility index (Phi) is 6.24. The highest BCUT2D eigenvalue weighted by atomic mass is 16.5. The molecule has 1 unspecified atom stereocenters. The number of nitrogens with one attached hydrogen (secondary N) is 1. The summed E-state index contributed by atoms with van der Waals surface area (Å²) >= 11 is 0. The lowest BCUT2D eigenvalue weighted by molar-refractivity contribution is -0.136. The van der Waals surface area contributed by atoms with Crippen LogP contribution in [0.5, 0.6) is 11.5 Å². The Balaban J connectivity index is 1.74. The minimum absolute atomic E-state index is 0.0412. The standard InChI is InChI=1S/C21H30N2O4/c1-14(2)20(23-12-6-9-19(23)24)21(25)22-15-10-11-17(26-3)18(13-15)27-16-7-4-5-8-16/h10-11,13-14,16,20H,4-9,12H2,1-3H3,(H,22,25). The highest BCUT2D eigenvalue weighted by Gasteiger charge is 2.35. The Morgan fingerprint density at radius 1 is 1.19 bits per heavy atom. The number of methoxy groups -OCH3 is 1. The molecule has 1 aromatic rings. The molecule has 2 fully saturated rings. The van der Waals surface area contributed by atoms with Gasteiger partial charge in [0.05, 0.1) is 13.2 Å². The van der Waals surface area contributed by atoms with Crippen LogP contribution in [0.3, 0.4) is 0 Å². The molecule has 1 atom stereocenters. The molecule has 1 heterocycles. The molecule has 0 radical (unpaired) electrons. The Morgan fingerprint density at radius 2 is 1.93 bits per heavy atom. The van der Waals surface area contributed by atoms with Gasteiger partial charge >= 0.3 is 0 Å². The fourth-order valence-electron chi connectivity index (χ4n) is 4.02. The third kappa shape index (κ3) is 4.54. The van der Waals surface area contributed by atoms with Gasteiger partial charge in [-0.3, -0.25) is 9.59 Å². The van der Waals surface area contributed by atoms with Gasteiger partial charge in [-0.25, -0.2) is 0 Å². The van der Waals surface area contributed by atoms with Gasteiger partial charge in [0, 0.05) is 24.7 Å². The summed E-state index contributed by atoms with van der Waals surface area (Å²) in [5.41, 5.74) is 0.658. The van der Waals surface area contributed by atoms with Crippen LogP contribution in [0.15, 0.2) is 18.2 Å². The molecule has 2 aliphatic rings. The molecule has 3 rings (SSSR count). The zero-order chi connectivity index (χ0) is 19.4. The van der Waals surface area contributed by atoms with Gasteiger partial charge in [-0.15, -0.1) is 0 Å². The van der Waals surface area contributed by atoms with Crippen molar-refractivity contribution in [3.05, 3.63) is 18.2 Å². The van der Waals surface area contributed by atoms with Crippen LogP contribution in [0.2, 0.25) is 0 Å². The summed E-state index contributed by atoms with van der Waals surface area (Å²) in [6.45, 7) is 4.59. The molecule has 0 bridgehead atoms. The lowest BCUT2D eigenvalue weighted by Crippen LogP contribution is -2.47. The number of hydrogen-bond donors (Lipinski definition) is 1. The van der Waals surface area contributed by atoms with Gasteiger partial charge in [0.15, 0.2) is 11.5 Å². The highest BCUT2D eigenvalue weighted by Crippen LogP contribution is 2.34. The Morgan fingerprint density at radius 3 is 2.52 bits per heavy atom. The number of carbonyl (C=O) groups is 2. The van der Waals surface area contributed by atoms with Crippen molar-refractivity contribution in [2.75, 3.05) is 19.0 Å². The summed E-state index contributed by atoms with van der Waals surface area (Å²) in [6.07, 6.45) is 6.01. The molecule has 1 aliphatic heterocycles. The monoisotopic (exact) mass is 374 g/mol. The summed E-state index contributed by atoms with van der Waals surface area (Å²) in [5.74, 6) is 1.26. The van der Waals surface area contributed by atoms with Crippen LogP contribution in [-0.4, -0.2) is 42.5 Å². The van der Waals surface area contributed by atoms with E-state index in [1.54, 1.807) is 18.1 Å². The highest BCUT2D eigenvalue weighted by molar-refractivity contribution is 5.98. The summed E-state index contributed by atoms with van der Waals surface area (Å²) < 4.78 is 11.5. The van der Waals surface area contributed by atoms with Crippen LogP contribution in [-0.2, 0) is 9.59 Å². The van der Waals surface area contributed by atoms with Gasteiger partial charge in [-0.1, -0.05) is 13.8 Å². The van der Waals surface area contributed by atoms with Crippen molar-refractivity contribution in [3.63, 3.8) is 0 Å². The molecule has 1 saturated carbocycles. The van der Waals surface area contributed by atoms with E-state index < -0.39 is 6.04 Å². The predicted octanol–water partition coefficient (Wildman–Crippen LogP) is 3.60. The SMILES string of the molecule is COc1ccc(NC(=O)C(C(C)C)N2CCCC2=O)cc1OC1CCCC1. The van der Waals surface area contributed by atoms with E-state index in [4.69, 9.17) is 9.47 Å². The summed E-state index contributed by atoms with van der Waals surface area (Å²) in [5, 5.41) is 2.97. The second-order valence-corrected chi connectivity index (χ2v) is 7.76. The maximum absolute atomic E-state index is 12.9. The van der Waals surface area contributed by atoms with Crippen molar-refractivity contribution < 1.29 is 19.1 Å². The zero-order valence-corrected chi connectivity index (χ0v) is 16.5. The molecule has 0 spiro atoms. The predicted molar refractivity (Wildman–Crippen MR) is 104 cm³/mol. The van der Waals surface area contributed by atoms with Crippen molar-refractivity contribution in [2.45, 2.75) is 64.5 Å². The quantitative estimate of drug-likeness (QED) is 0.792. The van der Waals surface area contributed by atoms with Crippen molar-refractivity contribution in [1.82, 2.24) is 4.90 Å². The van der Waals surface area contributed by atoms with Gasteiger partial charge < -0.3 is 19.7 Å². The maximum atomic E-state index is 12.9. The van der Waals surface area contributed by atoms with Crippen LogP contribution in [0, 0.1) is 5.92 Å². The van der Waals surface area contributed by atoms with Crippen LogP contribution in [0.4, 0.5) is 5.69 Å². The van der Waals surface area contributed by atoms with E-state index in [1.807, 2.05) is 26.0 Å². The Labute approximate surface area is 161 Å². The van der Waals surface area contributed by atoms with Gasteiger partial charge in [-0.05, 0) is 50.2 Å². The Bertz CT molecular complexity index is 683. The van der Waals surface area contributed by atoms with Gasteiger partial charge in [0.2, 0.25) is 11.8 Å². The lowest BCUT2D eigenvalue weighted by Gasteiger charge is -2.30. The van der Waals surface area contributed by atoms with Crippen LogP contribution in [0.25, 0.3) is 0 Å². The molecule has 27 heavy (non-hydrogen) atoms. The van der Waals surface area contributed by atoms with E-state index in [9.17, 15) is 9.59 Å². The lowest BCUT2D eigenvalue weighted by atomic mass is 10.0. The molecule has 1 saturated heterocycles. The second-order valence-electron chi connectivity index (χ2n) is 7.76. The first-order valence-electron chi connectivity index (χ1n) is 9.94. The zero-order valence-electron chi connectivity index (χ0n) is 16.5. The average molecular weight is 374 g/mol. The van der Waals surface area contributed by atoms with Crippen molar-refractivity contribution in [3.8, 4) is 11.5 Å². The van der Waals surface area contributed by atoms with E-state index in [-0.39, 0.29) is 23.8 Å². The fraction of sp³-hybridized carbons (Fsp3) is 0.619. The molecule has 1 N–H and O–H groups in total. The molecule has 6 heteroatoms. The summed E-state index contributed by atoms with van der Waals surface area (Å²) in [7, 11) is 1.61. The minimum atomic E-state index is -0.457. The molecular formula is C21H30N2O4. The molecule has 1 aliphatic carbocycles. The number of ether oxygens (including phenoxy) is 2. The van der Waals surface area contributed by atoms with Crippen molar-refractivity contribution in [1.29, 1.82) is 0 Å². The topological polar surface area (TPSA) is 67.9 Å². The molecule has 0 aromatic heterocycles. The van der Waals surface area contributed by atoms with E-state index in [0.717, 1.165) is 19.3 Å². The average Bonchev–Trinajstić information content (AvgIpc) is 3.27. The summed E-state index contributed by atoms with van der Waals surface area (Å²) in [6, 6.07) is 4.98. The van der Waals surface area contributed by atoms with Crippen LogP contribution < -0.4 is 14.8 Å². The molecule has 1 aromatic carbocycles. The van der Waals surface area contributed by atoms with E-state index in [1.165, 1.54) is 12.8 Å². The van der Waals surface area contributed by atoms with Gasteiger partial charge in [-0.2, -0.15) is 0 Å². The van der Waals surface area contributed by atoms with Crippen molar-refractivity contribution >= 4 is 17.5 Å². The number of benzene rings is 1. The van der Waals surface area contributed by atoms with E-state index >= 15 is 0 Å². The molecule has 2 amide bonds. The molecule has 148 valence electrons. The first-order chi connectivity index (χ1) is 13.0. The smallest absolute Gasteiger partial charge is 0.247 e. The van der Waals surface area contributed by atoms with Gasteiger partial charge in [0.25, 0.3) is 0 Å². The largest absolute Gasteiger partial charge is 0.493 e. The van der Waals surface area contributed by atoms with Crippen LogP contribution >= 0.6 is 0 Å². The third-order valence-corrected chi connectivity index (χ3v) is 5.37. The third-order valence-electron chi connectivity index (χ3n) is 5.37. The van der Waals surface area contributed by atoms with Crippen LogP contribution in [0.1, 0.15) is 52.4 Å².